The predicted octanol–water partition coefficient (Wildman–Crippen LogP) is 2.63. The Morgan fingerprint density at radius 1 is 1.30 bits per heavy atom. The number of aromatic amines is 1. The van der Waals surface area contributed by atoms with Crippen LogP contribution in [0.3, 0.4) is 0 Å². The molecule has 2 aromatic rings. The summed E-state index contributed by atoms with van der Waals surface area (Å²) in [6, 6.07) is 8.22. The van der Waals surface area contributed by atoms with Crippen LogP contribution in [-0.4, -0.2) is 16.1 Å². The van der Waals surface area contributed by atoms with Crippen molar-refractivity contribution in [2.75, 3.05) is 0 Å². The lowest BCUT2D eigenvalue weighted by molar-refractivity contribution is -0.120. The molecule has 1 aromatic carbocycles. The molecular formula is C18H20N2O2S. The van der Waals surface area contributed by atoms with E-state index in [1.54, 1.807) is 11.8 Å². The number of fused-ring (bicyclic) bond motifs is 1. The number of benzene rings is 1. The minimum atomic E-state index is -0.124. The molecule has 0 radical (unpaired) electrons. The SMILES string of the molecule is Cc1ccc2c(c1)SC(C(=O)NCc1c(C)cc(C)[nH]c1=O)C2. The maximum atomic E-state index is 12.4. The second kappa shape index (κ2) is 6.24. The first-order valence-electron chi connectivity index (χ1n) is 7.67. The van der Waals surface area contributed by atoms with E-state index in [0.29, 0.717) is 5.56 Å². The topological polar surface area (TPSA) is 62.0 Å². The number of rotatable bonds is 3. The summed E-state index contributed by atoms with van der Waals surface area (Å²) in [5.74, 6) is -0.0109. The molecule has 0 bridgehead atoms. The van der Waals surface area contributed by atoms with E-state index in [4.69, 9.17) is 0 Å². The highest BCUT2D eigenvalue weighted by Crippen LogP contribution is 2.37. The van der Waals surface area contributed by atoms with E-state index < -0.39 is 0 Å². The number of pyridine rings is 1. The Kier molecular flexibility index (Phi) is 4.31. The molecule has 0 saturated carbocycles. The van der Waals surface area contributed by atoms with Gasteiger partial charge in [0.2, 0.25) is 5.91 Å². The molecule has 1 atom stereocenters. The first kappa shape index (κ1) is 15.9. The van der Waals surface area contributed by atoms with Gasteiger partial charge in [-0.3, -0.25) is 9.59 Å². The third-order valence-corrected chi connectivity index (χ3v) is 5.42. The van der Waals surface area contributed by atoms with Gasteiger partial charge in [0, 0.05) is 22.7 Å². The fourth-order valence-corrected chi connectivity index (χ4v) is 4.19. The van der Waals surface area contributed by atoms with Crippen LogP contribution in [0.1, 0.15) is 27.9 Å². The van der Waals surface area contributed by atoms with Crippen LogP contribution >= 0.6 is 11.8 Å². The van der Waals surface area contributed by atoms with Crippen molar-refractivity contribution in [1.29, 1.82) is 0 Å². The molecule has 120 valence electrons. The van der Waals surface area contributed by atoms with Gasteiger partial charge in [-0.2, -0.15) is 0 Å². The zero-order chi connectivity index (χ0) is 16.6. The first-order valence-corrected chi connectivity index (χ1v) is 8.55. The van der Waals surface area contributed by atoms with E-state index in [9.17, 15) is 9.59 Å². The molecule has 3 rings (SSSR count). The number of thioether (sulfide) groups is 1. The molecule has 2 N–H and O–H groups in total. The first-order chi connectivity index (χ1) is 10.9. The molecule has 5 heteroatoms. The van der Waals surface area contributed by atoms with Gasteiger partial charge < -0.3 is 10.3 Å². The third kappa shape index (κ3) is 3.34. The zero-order valence-corrected chi connectivity index (χ0v) is 14.3. The van der Waals surface area contributed by atoms with Crippen LogP contribution in [0.15, 0.2) is 34.0 Å². The van der Waals surface area contributed by atoms with Crippen LogP contribution in [0, 0.1) is 20.8 Å². The highest BCUT2D eigenvalue weighted by Gasteiger charge is 2.28. The van der Waals surface area contributed by atoms with Crippen molar-refractivity contribution in [3.63, 3.8) is 0 Å². The quantitative estimate of drug-likeness (QED) is 0.910. The van der Waals surface area contributed by atoms with Crippen molar-refractivity contribution in [2.24, 2.45) is 0 Å². The van der Waals surface area contributed by atoms with E-state index >= 15 is 0 Å². The minimum Gasteiger partial charge on any atom is -0.351 e. The number of carbonyl (C=O) groups excluding carboxylic acids is 1. The normalized spacial score (nSPS) is 16.2. The Morgan fingerprint density at radius 3 is 2.83 bits per heavy atom. The molecule has 1 amide bonds. The summed E-state index contributed by atoms with van der Waals surface area (Å²) in [4.78, 5) is 28.4. The second-order valence-corrected chi connectivity index (χ2v) is 7.33. The third-order valence-electron chi connectivity index (χ3n) is 4.12. The second-order valence-electron chi connectivity index (χ2n) is 6.08. The summed E-state index contributed by atoms with van der Waals surface area (Å²) >= 11 is 1.61. The van der Waals surface area contributed by atoms with Gasteiger partial charge in [-0.15, -0.1) is 11.8 Å². The molecule has 1 aromatic heterocycles. The van der Waals surface area contributed by atoms with Gasteiger partial charge in [0.1, 0.15) is 0 Å². The summed E-state index contributed by atoms with van der Waals surface area (Å²) in [5.41, 5.74) is 4.68. The summed E-state index contributed by atoms with van der Waals surface area (Å²) in [7, 11) is 0. The number of carbonyl (C=O) groups is 1. The molecule has 4 nitrogen and oxygen atoms in total. The molecule has 0 fully saturated rings. The number of H-pyrrole nitrogens is 1. The molecule has 1 aliphatic heterocycles. The lowest BCUT2D eigenvalue weighted by atomic mass is 10.1. The zero-order valence-electron chi connectivity index (χ0n) is 13.5. The minimum absolute atomic E-state index is 0.0109. The van der Waals surface area contributed by atoms with Crippen LogP contribution in [0.4, 0.5) is 0 Å². The Bertz CT molecular complexity index is 826. The van der Waals surface area contributed by atoms with E-state index in [2.05, 4.69) is 35.4 Å². The molecule has 2 heterocycles. The molecule has 0 aliphatic carbocycles. The number of aryl methyl sites for hydroxylation is 3. The maximum absolute atomic E-state index is 12.4. The maximum Gasteiger partial charge on any atom is 0.253 e. The van der Waals surface area contributed by atoms with Crippen molar-refractivity contribution >= 4 is 17.7 Å². The van der Waals surface area contributed by atoms with E-state index in [1.807, 2.05) is 19.9 Å². The van der Waals surface area contributed by atoms with Crippen LogP contribution in [0.2, 0.25) is 0 Å². The highest BCUT2D eigenvalue weighted by atomic mass is 32.2. The molecule has 0 saturated heterocycles. The fraction of sp³-hybridized carbons (Fsp3) is 0.333. The predicted molar refractivity (Wildman–Crippen MR) is 92.9 cm³/mol. The van der Waals surface area contributed by atoms with Crippen molar-refractivity contribution in [3.8, 4) is 0 Å². The number of amides is 1. The van der Waals surface area contributed by atoms with E-state index in [-0.39, 0.29) is 23.3 Å². The van der Waals surface area contributed by atoms with Gasteiger partial charge in [-0.25, -0.2) is 0 Å². The molecule has 0 spiro atoms. The van der Waals surface area contributed by atoms with Crippen LogP contribution < -0.4 is 10.9 Å². The Hall–Kier alpha value is -2.01. The molecule has 1 aliphatic rings. The van der Waals surface area contributed by atoms with Gasteiger partial charge in [-0.1, -0.05) is 17.7 Å². The highest BCUT2D eigenvalue weighted by molar-refractivity contribution is 8.01. The van der Waals surface area contributed by atoms with Crippen molar-refractivity contribution in [1.82, 2.24) is 10.3 Å². The Morgan fingerprint density at radius 2 is 2.09 bits per heavy atom. The van der Waals surface area contributed by atoms with Crippen molar-refractivity contribution in [2.45, 2.75) is 43.9 Å². The molecule has 23 heavy (non-hydrogen) atoms. The summed E-state index contributed by atoms with van der Waals surface area (Å²) in [5, 5.41) is 2.80. The van der Waals surface area contributed by atoms with E-state index in [1.165, 1.54) is 16.0 Å². The summed E-state index contributed by atoms with van der Waals surface area (Å²) in [6.45, 7) is 6.07. The lowest BCUT2D eigenvalue weighted by Crippen LogP contribution is -2.34. The summed E-state index contributed by atoms with van der Waals surface area (Å²) < 4.78 is 0. The van der Waals surface area contributed by atoms with Gasteiger partial charge in [0.25, 0.3) is 5.56 Å². The van der Waals surface area contributed by atoms with Crippen LogP contribution in [-0.2, 0) is 17.8 Å². The number of hydrogen-bond donors (Lipinski definition) is 2. The monoisotopic (exact) mass is 328 g/mol. The fourth-order valence-electron chi connectivity index (χ4n) is 2.87. The smallest absolute Gasteiger partial charge is 0.253 e. The number of nitrogens with one attached hydrogen (secondary N) is 2. The largest absolute Gasteiger partial charge is 0.351 e. The van der Waals surface area contributed by atoms with Crippen molar-refractivity contribution < 1.29 is 4.79 Å². The van der Waals surface area contributed by atoms with Gasteiger partial charge in [-0.05, 0) is 50.5 Å². The van der Waals surface area contributed by atoms with Gasteiger partial charge in [0.15, 0.2) is 0 Å². The van der Waals surface area contributed by atoms with Crippen molar-refractivity contribution in [3.05, 3.63) is 62.6 Å². The van der Waals surface area contributed by atoms with Crippen LogP contribution in [0.5, 0.6) is 0 Å². The van der Waals surface area contributed by atoms with E-state index in [0.717, 1.165) is 17.7 Å². The molecule has 1 unspecified atom stereocenters. The Balaban J connectivity index is 1.67. The Labute approximate surface area is 139 Å². The van der Waals surface area contributed by atoms with Gasteiger partial charge in [0.05, 0.1) is 5.25 Å². The average Bonchev–Trinajstić information content (AvgIpc) is 2.88. The number of aromatic nitrogens is 1. The van der Waals surface area contributed by atoms with Crippen LogP contribution in [0.25, 0.3) is 0 Å². The average molecular weight is 328 g/mol. The lowest BCUT2D eigenvalue weighted by Gasteiger charge is -2.11. The van der Waals surface area contributed by atoms with Gasteiger partial charge >= 0.3 is 0 Å². The molecular weight excluding hydrogens is 308 g/mol. The standard InChI is InChI=1S/C18H20N2O2S/c1-10-4-5-13-8-16(23-15(13)6-10)18(22)19-9-14-11(2)7-12(3)20-17(14)21/h4-7,16H,8-9H2,1-3H3,(H,19,22)(H,20,21). The number of hydrogen-bond acceptors (Lipinski definition) is 3. The summed E-state index contributed by atoms with van der Waals surface area (Å²) in [6.07, 6.45) is 0.745.